The lowest BCUT2D eigenvalue weighted by Crippen LogP contribution is -2.27. The Morgan fingerprint density at radius 3 is 2.79 bits per heavy atom. The molecular formula is C20H21ClN4O2S. The Morgan fingerprint density at radius 1 is 1.21 bits per heavy atom. The quantitative estimate of drug-likeness (QED) is 0.518. The van der Waals surface area contributed by atoms with Gasteiger partial charge in [0.2, 0.25) is 11.1 Å². The third-order valence-electron chi connectivity index (χ3n) is 3.95. The molecule has 8 heteroatoms. The van der Waals surface area contributed by atoms with Gasteiger partial charge < -0.3 is 10.1 Å². The summed E-state index contributed by atoms with van der Waals surface area (Å²) in [5.41, 5.74) is 2.19. The van der Waals surface area contributed by atoms with Crippen molar-refractivity contribution < 1.29 is 9.53 Å². The Kier molecular flexibility index (Phi) is 7.33. The number of halogens is 1. The molecule has 1 aromatic heterocycles. The number of hydrogen-bond donors (Lipinski definition) is 2. The molecule has 0 bridgehead atoms. The lowest BCUT2D eigenvalue weighted by atomic mass is 10.1. The van der Waals surface area contributed by atoms with Gasteiger partial charge in [0, 0.05) is 11.6 Å². The zero-order chi connectivity index (χ0) is 19.8. The van der Waals surface area contributed by atoms with Crippen LogP contribution in [0, 0.1) is 6.92 Å². The number of rotatable bonds is 9. The highest BCUT2D eigenvalue weighted by Crippen LogP contribution is 2.18. The van der Waals surface area contributed by atoms with Crippen LogP contribution in [0.5, 0.6) is 5.75 Å². The Bertz CT molecular complexity index is 915. The van der Waals surface area contributed by atoms with Crippen molar-refractivity contribution in [2.45, 2.75) is 25.1 Å². The average Bonchev–Trinajstić information content (AvgIpc) is 3.15. The Balaban J connectivity index is 1.37. The third kappa shape index (κ3) is 6.28. The molecule has 1 heterocycles. The number of nitrogens with one attached hydrogen (secondary N) is 2. The summed E-state index contributed by atoms with van der Waals surface area (Å²) in [7, 11) is 0. The summed E-state index contributed by atoms with van der Waals surface area (Å²) < 4.78 is 5.73. The van der Waals surface area contributed by atoms with Crippen LogP contribution in [0.3, 0.4) is 0 Å². The minimum atomic E-state index is -0.0542. The molecule has 0 aliphatic carbocycles. The standard InChI is InChI=1S/C20H21ClN4O2S/c1-14-4-2-3-5-17(14)27-12-18-23-20(25-24-18)28-13-19(26)22-11-10-15-6-8-16(21)9-7-15/h2-9H,10-13H2,1H3,(H,22,26)(H,23,24,25). The lowest BCUT2D eigenvalue weighted by molar-refractivity contribution is -0.118. The first-order valence-corrected chi connectivity index (χ1v) is 10.2. The number of H-pyrrole nitrogens is 1. The van der Waals surface area contributed by atoms with Gasteiger partial charge >= 0.3 is 0 Å². The second-order valence-corrected chi connectivity index (χ2v) is 7.51. The number of aromatic nitrogens is 3. The summed E-state index contributed by atoms with van der Waals surface area (Å²) in [5, 5.41) is 11.1. The van der Waals surface area contributed by atoms with Crippen LogP contribution in [0.15, 0.2) is 53.7 Å². The third-order valence-corrected chi connectivity index (χ3v) is 5.05. The zero-order valence-corrected chi connectivity index (χ0v) is 17.0. The summed E-state index contributed by atoms with van der Waals surface area (Å²) in [6.07, 6.45) is 0.759. The van der Waals surface area contributed by atoms with E-state index >= 15 is 0 Å². The van der Waals surface area contributed by atoms with Gasteiger partial charge in [-0.05, 0) is 42.7 Å². The molecule has 146 valence electrons. The van der Waals surface area contributed by atoms with Crippen LogP contribution < -0.4 is 10.1 Å². The largest absolute Gasteiger partial charge is 0.485 e. The number of hydrogen-bond acceptors (Lipinski definition) is 5. The lowest BCUT2D eigenvalue weighted by Gasteiger charge is -2.06. The predicted molar refractivity (Wildman–Crippen MR) is 111 cm³/mol. The van der Waals surface area contributed by atoms with Gasteiger partial charge in [0.25, 0.3) is 0 Å². The smallest absolute Gasteiger partial charge is 0.230 e. The molecule has 3 aromatic rings. The number of amides is 1. The second-order valence-electron chi connectivity index (χ2n) is 6.13. The molecule has 3 rings (SSSR count). The number of carbonyl (C=O) groups is 1. The van der Waals surface area contributed by atoms with E-state index in [-0.39, 0.29) is 11.7 Å². The van der Waals surface area contributed by atoms with Crippen LogP contribution in [-0.2, 0) is 17.8 Å². The van der Waals surface area contributed by atoms with Gasteiger partial charge in [-0.1, -0.05) is 53.7 Å². The molecule has 0 unspecified atom stereocenters. The molecule has 1 amide bonds. The number of nitrogens with zero attached hydrogens (tertiary/aromatic N) is 2. The van der Waals surface area contributed by atoms with E-state index in [1.807, 2.05) is 55.5 Å². The van der Waals surface area contributed by atoms with Gasteiger partial charge in [-0.3, -0.25) is 9.89 Å². The van der Waals surface area contributed by atoms with Crippen LogP contribution in [-0.4, -0.2) is 33.4 Å². The highest BCUT2D eigenvalue weighted by Gasteiger charge is 2.08. The van der Waals surface area contributed by atoms with Crippen molar-refractivity contribution in [3.63, 3.8) is 0 Å². The maximum Gasteiger partial charge on any atom is 0.230 e. The van der Waals surface area contributed by atoms with Crippen molar-refractivity contribution in [1.82, 2.24) is 20.5 Å². The zero-order valence-electron chi connectivity index (χ0n) is 15.4. The van der Waals surface area contributed by atoms with Crippen molar-refractivity contribution in [3.8, 4) is 5.75 Å². The maximum atomic E-state index is 12.0. The fraction of sp³-hybridized carbons (Fsp3) is 0.250. The van der Waals surface area contributed by atoms with E-state index in [1.54, 1.807) is 0 Å². The topological polar surface area (TPSA) is 79.9 Å². The Morgan fingerprint density at radius 2 is 2.00 bits per heavy atom. The van der Waals surface area contributed by atoms with E-state index in [2.05, 4.69) is 20.5 Å². The number of para-hydroxylation sites is 1. The second kappa shape index (κ2) is 10.1. The van der Waals surface area contributed by atoms with Gasteiger partial charge in [-0.25, -0.2) is 4.98 Å². The SMILES string of the molecule is Cc1ccccc1OCc1nc(SCC(=O)NCCc2ccc(Cl)cc2)n[nH]1. The molecule has 0 aliphatic rings. The molecule has 2 aromatic carbocycles. The first-order chi connectivity index (χ1) is 13.6. The van der Waals surface area contributed by atoms with E-state index in [1.165, 1.54) is 11.8 Å². The predicted octanol–water partition coefficient (Wildman–Crippen LogP) is 3.80. The monoisotopic (exact) mass is 416 g/mol. The number of ether oxygens (including phenoxy) is 1. The van der Waals surface area contributed by atoms with Gasteiger partial charge in [0.15, 0.2) is 5.82 Å². The van der Waals surface area contributed by atoms with Crippen LogP contribution in [0.1, 0.15) is 17.0 Å². The minimum Gasteiger partial charge on any atom is -0.485 e. The highest BCUT2D eigenvalue weighted by molar-refractivity contribution is 7.99. The van der Waals surface area contributed by atoms with Crippen LogP contribution in [0.4, 0.5) is 0 Å². The summed E-state index contributed by atoms with van der Waals surface area (Å²) in [6, 6.07) is 15.4. The highest BCUT2D eigenvalue weighted by atomic mass is 35.5. The number of aryl methyl sites for hydroxylation is 1. The van der Waals surface area contributed by atoms with E-state index < -0.39 is 0 Å². The van der Waals surface area contributed by atoms with E-state index in [4.69, 9.17) is 16.3 Å². The van der Waals surface area contributed by atoms with E-state index in [9.17, 15) is 4.79 Å². The van der Waals surface area contributed by atoms with E-state index in [0.717, 1.165) is 23.3 Å². The molecule has 6 nitrogen and oxygen atoms in total. The van der Waals surface area contributed by atoms with Crippen molar-refractivity contribution in [3.05, 3.63) is 70.5 Å². The van der Waals surface area contributed by atoms with Crippen molar-refractivity contribution in [2.24, 2.45) is 0 Å². The normalized spacial score (nSPS) is 10.6. The Hall–Kier alpha value is -2.51. The van der Waals surface area contributed by atoms with Gasteiger partial charge in [0.1, 0.15) is 12.4 Å². The number of benzene rings is 2. The Labute approximate surface area is 173 Å². The van der Waals surface area contributed by atoms with Crippen molar-refractivity contribution in [1.29, 1.82) is 0 Å². The molecule has 0 atom stereocenters. The fourth-order valence-corrected chi connectivity index (χ4v) is 3.22. The molecule has 0 saturated heterocycles. The van der Waals surface area contributed by atoms with Gasteiger partial charge in [-0.2, -0.15) is 0 Å². The van der Waals surface area contributed by atoms with Gasteiger partial charge in [0.05, 0.1) is 5.75 Å². The summed E-state index contributed by atoms with van der Waals surface area (Å²) in [4.78, 5) is 16.3. The molecular weight excluding hydrogens is 396 g/mol. The summed E-state index contributed by atoms with van der Waals surface area (Å²) >= 11 is 7.14. The summed E-state index contributed by atoms with van der Waals surface area (Å²) in [6.45, 7) is 2.86. The van der Waals surface area contributed by atoms with Crippen LogP contribution in [0.25, 0.3) is 0 Å². The van der Waals surface area contributed by atoms with Crippen molar-refractivity contribution in [2.75, 3.05) is 12.3 Å². The minimum absolute atomic E-state index is 0.0542. The molecule has 2 N–H and O–H groups in total. The first-order valence-electron chi connectivity index (χ1n) is 8.84. The maximum absolute atomic E-state index is 12.0. The summed E-state index contributed by atoms with van der Waals surface area (Å²) in [5.74, 6) is 1.64. The van der Waals surface area contributed by atoms with Crippen LogP contribution in [0.2, 0.25) is 5.02 Å². The average molecular weight is 417 g/mol. The molecule has 0 spiro atoms. The number of aromatic amines is 1. The molecule has 0 radical (unpaired) electrons. The molecule has 0 aliphatic heterocycles. The van der Waals surface area contributed by atoms with Gasteiger partial charge in [-0.15, -0.1) is 5.10 Å². The molecule has 0 fully saturated rings. The number of thioether (sulfide) groups is 1. The first kappa shape index (κ1) is 20.2. The van der Waals surface area contributed by atoms with E-state index in [0.29, 0.717) is 29.2 Å². The molecule has 0 saturated carbocycles. The molecule has 28 heavy (non-hydrogen) atoms. The van der Waals surface area contributed by atoms with Crippen LogP contribution >= 0.6 is 23.4 Å². The number of carbonyl (C=O) groups excluding carboxylic acids is 1. The van der Waals surface area contributed by atoms with Crippen molar-refractivity contribution >= 4 is 29.3 Å². The fourth-order valence-electron chi connectivity index (χ4n) is 2.45.